The van der Waals surface area contributed by atoms with Gasteiger partial charge in [0.25, 0.3) is 5.91 Å². The zero-order valence-corrected chi connectivity index (χ0v) is 18.8. The standard InChI is InChI=1S/C30H21N3O2/c34-29(32-24-13-14-27-23(17-24)8-5-15-31-27)18-26-25-9-3-4-10-28(25)33(30(26)35)19-20-11-12-21-6-1-2-7-22(21)16-20/h1-18H,19H2,(H,32,34)/b26-18+. The zero-order chi connectivity index (χ0) is 23.8. The Labute approximate surface area is 202 Å². The SMILES string of the molecule is O=C(/C=C1/C(=O)N(Cc2ccc3ccccc3c2)c2ccccc21)Nc1ccc2ncccc2c1. The lowest BCUT2D eigenvalue weighted by Crippen LogP contribution is -2.26. The number of pyridine rings is 1. The first-order valence-corrected chi connectivity index (χ1v) is 11.4. The summed E-state index contributed by atoms with van der Waals surface area (Å²) in [7, 11) is 0. The highest BCUT2D eigenvalue weighted by atomic mass is 16.2. The van der Waals surface area contributed by atoms with Gasteiger partial charge in [0.15, 0.2) is 0 Å². The van der Waals surface area contributed by atoms with Crippen LogP contribution in [-0.4, -0.2) is 16.8 Å². The molecule has 0 saturated heterocycles. The molecule has 0 saturated carbocycles. The number of nitrogens with one attached hydrogen (secondary N) is 1. The van der Waals surface area contributed by atoms with Gasteiger partial charge in [0.05, 0.1) is 23.3 Å². The first-order valence-electron chi connectivity index (χ1n) is 11.4. The number of fused-ring (bicyclic) bond motifs is 3. The third-order valence-electron chi connectivity index (χ3n) is 6.26. The molecule has 5 nitrogen and oxygen atoms in total. The zero-order valence-electron chi connectivity index (χ0n) is 18.8. The van der Waals surface area contributed by atoms with Crippen molar-refractivity contribution in [1.82, 2.24) is 4.98 Å². The number of para-hydroxylation sites is 1. The van der Waals surface area contributed by atoms with Gasteiger partial charge in [0.1, 0.15) is 0 Å². The number of nitrogens with zero attached hydrogens (tertiary/aromatic N) is 2. The summed E-state index contributed by atoms with van der Waals surface area (Å²) in [6.45, 7) is 0.428. The Hall–Kier alpha value is -4.77. The van der Waals surface area contributed by atoms with Gasteiger partial charge in [-0.15, -0.1) is 0 Å². The van der Waals surface area contributed by atoms with E-state index in [1.54, 1.807) is 11.1 Å². The van der Waals surface area contributed by atoms with E-state index >= 15 is 0 Å². The van der Waals surface area contributed by atoms with Crippen molar-refractivity contribution in [2.75, 3.05) is 10.2 Å². The number of aromatic nitrogens is 1. The van der Waals surface area contributed by atoms with Gasteiger partial charge < -0.3 is 10.2 Å². The number of rotatable bonds is 4. The number of anilines is 2. The molecule has 0 fully saturated rings. The maximum absolute atomic E-state index is 13.5. The Balaban J connectivity index is 1.29. The minimum Gasteiger partial charge on any atom is -0.322 e. The van der Waals surface area contributed by atoms with Gasteiger partial charge in [-0.25, -0.2) is 0 Å². The molecule has 0 bridgehead atoms. The van der Waals surface area contributed by atoms with Crippen molar-refractivity contribution in [1.29, 1.82) is 0 Å². The van der Waals surface area contributed by atoms with Crippen LogP contribution in [0.1, 0.15) is 11.1 Å². The molecule has 0 spiro atoms. The molecular formula is C30H21N3O2. The van der Waals surface area contributed by atoms with Crippen LogP contribution >= 0.6 is 0 Å². The molecule has 5 heteroatoms. The molecule has 5 aromatic rings. The van der Waals surface area contributed by atoms with Crippen LogP contribution in [0.2, 0.25) is 0 Å². The number of amides is 2. The highest BCUT2D eigenvalue weighted by molar-refractivity contribution is 6.35. The normalized spacial score (nSPS) is 14.0. The summed E-state index contributed by atoms with van der Waals surface area (Å²) in [4.78, 5) is 32.4. The van der Waals surface area contributed by atoms with Gasteiger partial charge >= 0.3 is 0 Å². The van der Waals surface area contributed by atoms with Crippen LogP contribution in [0.5, 0.6) is 0 Å². The molecule has 0 aliphatic carbocycles. The van der Waals surface area contributed by atoms with Crippen molar-refractivity contribution in [2.45, 2.75) is 6.54 Å². The molecule has 35 heavy (non-hydrogen) atoms. The Bertz CT molecular complexity index is 1650. The van der Waals surface area contributed by atoms with Crippen molar-refractivity contribution < 1.29 is 9.59 Å². The fourth-order valence-electron chi connectivity index (χ4n) is 4.59. The van der Waals surface area contributed by atoms with Gasteiger partial charge in [-0.1, -0.05) is 60.7 Å². The van der Waals surface area contributed by atoms with Crippen molar-refractivity contribution in [3.05, 3.63) is 120 Å². The lowest BCUT2D eigenvalue weighted by atomic mass is 10.1. The van der Waals surface area contributed by atoms with Crippen LogP contribution in [0, 0.1) is 0 Å². The van der Waals surface area contributed by atoms with Crippen molar-refractivity contribution >= 4 is 50.4 Å². The summed E-state index contributed by atoms with van der Waals surface area (Å²) in [5.74, 6) is -0.531. The molecule has 168 valence electrons. The number of hydrogen-bond donors (Lipinski definition) is 1. The first kappa shape index (κ1) is 20.8. The van der Waals surface area contributed by atoms with Gasteiger partial charge in [0.2, 0.25) is 5.91 Å². The summed E-state index contributed by atoms with van der Waals surface area (Å²) in [6, 6.07) is 31.3. The predicted octanol–water partition coefficient (Wildman–Crippen LogP) is 5.96. The second-order valence-electron chi connectivity index (χ2n) is 8.55. The van der Waals surface area contributed by atoms with Crippen molar-refractivity contribution in [3.63, 3.8) is 0 Å². The molecule has 0 unspecified atom stereocenters. The third-order valence-corrected chi connectivity index (χ3v) is 6.26. The van der Waals surface area contributed by atoms with E-state index in [9.17, 15) is 9.59 Å². The second-order valence-corrected chi connectivity index (χ2v) is 8.55. The van der Waals surface area contributed by atoms with E-state index in [0.29, 0.717) is 17.8 Å². The molecule has 1 aliphatic rings. The van der Waals surface area contributed by atoms with Crippen molar-refractivity contribution in [2.24, 2.45) is 0 Å². The molecule has 4 aromatic carbocycles. The van der Waals surface area contributed by atoms with E-state index in [-0.39, 0.29) is 11.8 Å². The lowest BCUT2D eigenvalue weighted by molar-refractivity contribution is -0.114. The fraction of sp³-hybridized carbons (Fsp3) is 0.0333. The molecule has 0 radical (unpaired) electrons. The van der Waals surface area contributed by atoms with Crippen molar-refractivity contribution in [3.8, 4) is 0 Å². The first-order chi connectivity index (χ1) is 17.2. The number of carbonyl (C=O) groups excluding carboxylic acids is 2. The Kier molecular flexibility index (Phi) is 5.08. The lowest BCUT2D eigenvalue weighted by Gasteiger charge is -2.17. The smallest absolute Gasteiger partial charge is 0.259 e. The molecule has 1 N–H and O–H groups in total. The van der Waals surface area contributed by atoms with Crippen LogP contribution in [0.25, 0.3) is 27.2 Å². The summed E-state index contributed by atoms with van der Waals surface area (Å²) < 4.78 is 0. The molecule has 0 atom stereocenters. The molecule has 2 amide bonds. The number of benzene rings is 4. The Morgan fingerprint density at radius 3 is 2.54 bits per heavy atom. The fourth-order valence-corrected chi connectivity index (χ4v) is 4.59. The van der Waals surface area contributed by atoms with E-state index in [4.69, 9.17) is 0 Å². The molecule has 1 aliphatic heterocycles. The van der Waals surface area contributed by atoms with E-state index in [1.807, 2.05) is 72.8 Å². The molecule has 1 aromatic heterocycles. The summed E-state index contributed by atoms with van der Waals surface area (Å²) >= 11 is 0. The van der Waals surface area contributed by atoms with Crippen LogP contribution in [0.4, 0.5) is 11.4 Å². The Morgan fingerprint density at radius 1 is 0.829 bits per heavy atom. The Morgan fingerprint density at radius 2 is 1.63 bits per heavy atom. The van der Waals surface area contributed by atoms with E-state index in [2.05, 4.69) is 34.6 Å². The van der Waals surface area contributed by atoms with Gasteiger partial charge in [-0.2, -0.15) is 0 Å². The van der Waals surface area contributed by atoms with Crippen LogP contribution in [0.15, 0.2) is 109 Å². The van der Waals surface area contributed by atoms with Crippen LogP contribution < -0.4 is 10.2 Å². The average Bonchev–Trinajstić information content (AvgIpc) is 3.14. The maximum Gasteiger partial charge on any atom is 0.259 e. The third kappa shape index (κ3) is 3.93. The van der Waals surface area contributed by atoms with Gasteiger partial charge in [-0.05, 0) is 52.7 Å². The van der Waals surface area contributed by atoms with Crippen LogP contribution in [0.3, 0.4) is 0 Å². The average molecular weight is 456 g/mol. The highest BCUT2D eigenvalue weighted by Gasteiger charge is 2.32. The maximum atomic E-state index is 13.5. The van der Waals surface area contributed by atoms with E-state index < -0.39 is 0 Å². The second kappa shape index (κ2) is 8.54. The van der Waals surface area contributed by atoms with Crippen LogP contribution in [-0.2, 0) is 16.1 Å². The summed E-state index contributed by atoms with van der Waals surface area (Å²) in [5.41, 5.74) is 4.49. The summed E-state index contributed by atoms with van der Waals surface area (Å²) in [6.07, 6.45) is 3.13. The topological polar surface area (TPSA) is 62.3 Å². The molecule has 6 rings (SSSR count). The largest absolute Gasteiger partial charge is 0.322 e. The molecule has 2 heterocycles. The van der Waals surface area contributed by atoms with Gasteiger partial charge in [0, 0.05) is 28.9 Å². The monoisotopic (exact) mass is 455 g/mol. The van der Waals surface area contributed by atoms with E-state index in [0.717, 1.165) is 38.5 Å². The number of hydrogen-bond acceptors (Lipinski definition) is 3. The van der Waals surface area contributed by atoms with Gasteiger partial charge in [-0.3, -0.25) is 14.6 Å². The number of carbonyl (C=O) groups is 2. The van der Waals surface area contributed by atoms with E-state index in [1.165, 1.54) is 6.08 Å². The predicted molar refractivity (Wildman–Crippen MR) is 140 cm³/mol. The minimum atomic E-state index is -0.348. The minimum absolute atomic E-state index is 0.183. The quantitative estimate of drug-likeness (QED) is 0.340. The molecular weight excluding hydrogens is 434 g/mol. The highest BCUT2D eigenvalue weighted by Crippen LogP contribution is 2.37. The summed E-state index contributed by atoms with van der Waals surface area (Å²) in [5, 5.41) is 6.10.